The van der Waals surface area contributed by atoms with Gasteiger partial charge in [0.1, 0.15) is 0 Å². The second kappa shape index (κ2) is 2.21. The van der Waals surface area contributed by atoms with Crippen molar-refractivity contribution in [1.29, 1.82) is 0 Å². The standard InChI is InChI=1S/C5H9FO3/c6-4-3-9-2-1-5(4,7)8/h4,7-8H,1-3H2. The van der Waals surface area contributed by atoms with Crippen LogP contribution in [0.4, 0.5) is 4.39 Å². The predicted molar refractivity (Wildman–Crippen MR) is 27.5 cm³/mol. The van der Waals surface area contributed by atoms with Crippen molar-refractivity contribution in [3.05, 3.63) is 0 Å². The summed E-state index contributed by atoms with van der Waals surface area (Å²) in [6.07, 6.45) is -1.71. The normalized spacial score (nSPS) is 34.3. The second-order valence-corrected chi connectivity index (χ2v) is 2.17. The van der Waals surface area contributed by atoms with Gasteiger partial charge in [0.2, 0.25) is 0 Å². The molecule has 0 radical (unpaired) electrons. The summed E-state index contributed by atoms with van der Waals surface area (Å²) in [5.74, 6) is -2.15. The van der Waals surface area contributed by atoms with Crippen molar-refractivity contribution in [2.24, 2.45) is 0 Å². The molecule has 0 bridgehead atoms. The molecule has 0 saturated carbocycles. The first-order chi connectivity index (χ1) is 4.13. The Hall–Kier alpha value is -0.190. The van der Waals surface area contributed by atoms with Crippen LogP contribution in [0.2, 0.25) is 0 Å². The number of aliphatic hydroxyl groups is 2. The van der Waals surface area contributed by atoms with E-state index in [1.165, 1.54) is 0 Å². The van der Waals surface area contributed by atoms with Crippen molar-refractivity contribution < 1.29 is 19.3 Å². The Kier molecular flexibility index (Phi) is 1.70. The Morgan fingerprint density at radius 1 is 1.56 bits per heavy atom. The minimum absolute atomic E-state index is 0.0475. The number of rotatable bonds is 0. The van der Waals surface area contributed by atoms with Gasteiger partial charge in [0.15, 0.2) is 12.0 Å². The zero-order valence-electron chi connectivity index (χ0n) is 4.88. The van der Waals surface area contributed by atoms with Gasteiger partial charge in [-0.15, -0.1) is 0 Å². The van der Waals surface area contributed by atoms with E-state index in [9.17, 15) is 4.39 Å². The molecule has 4 heteroatoms. The topological polar surface area (TPSA) is 49.7 Å². The van der Waals surface area contributed by atoms with Gasteiger partial charge in [0.05, 0.1) is 13.2 Å². The first-order valence-corrected chi connectivity index (χ1v) is 2.79. The van der Waals surface area contributed by atoms with Crippen LogP contribution in [0.25, 0.3) is 0 Å². The highest BCUT2D eigenvalue weighted by atomic mass is 19.1. The summed E-state index contributed by atoms with van der Waals surface area (Å²) in [4.78, 5) is 0. The Morgan fingerprint density at radius 2 is 2.22 bits per heavy atom. The maximum absolute atomic E-state index is 12.3. The molecule has 1 rings (SSSR count). The molecular weight excluding hydrogens is 127 g/mol. The number of ether oxygens (including phenoxy) is 1. The van der Waals surface area contributed by atoms with Crippen molar-refractivity contribution >= 4 is 0 Å². The predicted octanol–water partition coefficient (Wildman–Crippen LogP) is -0.574. The van der Waals surface area contributed by atoms with E-state index in [2.05, 4.69) is 4.74 Å². The summed E-state index contributed by atoms with van der Waals surface area (Å²) in [7, 11) is 0. The fourth-order valence-electron chi connectivity index (χ4n) is 0.699. The molecule has 3 nitrogen and oxygen atoms in total. The summed E-state index contributed by atoms with van der Waals surface area (Å²) >= 11 is 0. The highest BCUT2D eigenvalue weighted by Crippen LogP contribution is 2.19. The van der Waals surface area contributed by atoms with E-state index in [1.807, 2.05) is 0 Å². The molecule has 1 unspecified atom stereocenters. The average Bonchev–Trinajstić information content (AvgIpc) is 1.77. The zero-order chi connectivity index (χ0) is 6.91. The van der Waals surface area contributed by atoms with E-state index in [0.29, 0.717) is 0 Å². The summed E-state index contributed by atoms with van der Waals surface area (Å²) in [5.41, 5.74) is 0. The lowest BCUT2D eigenvalue weighted by atomic mass is 10.1. The third-order valence-corrected chi connectivity index (χ3v) is 1.38. The SMILES string of the molecule is OC1(O)CCOCC1F. The minimum Gasteiger partial charge on any atom is -0.378 e. The smallest absolute Gasteiger partial charge is 0.199 e. The first-order valence-electron chi connectivity index (χ1n) is 2.79. The van der Waals surface area contributed by atoms with Crippen LogP contribution >= 0.6 is 0 Å². The van der Waals surface area contributed by atoms with Crippen LogP contribution in [0.3, 0.4) is 0 Å². The van der Waals surface area contributed by atoms with Crippen LogP contribution in [-0.2, 0) is 4.74 Å². The largest absolute Gasteiger partial charge is 0.378 e. The van der Waals surface area contributed by atoms with Gasteiger partial charge in [-0.1, -0.05) is 0 Å². The van der Waals surface area contributed by atoms with Crippen LogP contribution in [0.15, 0.2) is 0 Å². The zero-order valence-corrected chi connectivity index (χ0v) is 4.88. The molecule has 1 aliphatic heterocycles. The molecule has 0 spiro atoms. The summed E-state index contributed by atoms with van der Waals surface area (Å²) < 4.78 is 17.0. The van der Waals surface area contributed by atoms with E-state index in [-0.39, 0.29) is 19.6 Å². The number of alkyl halides is 1. The molecule has 2 N–H and O–H groups in total. The van der Waals surface area contributed by atoms with Crippen LogP contribution in [-0.4, -0.2) is 35.4 Å². The fourth-order valence-corrected chi connectivity index (χ4v) is 0.699. The van der Waals surface area contributed by atoms with Crippen molar-refractivity contribution in [3.8, 4) is 0 Å². The molecule has 1 heterocycles. The maximum atomic E-state index is 12.3. The summed E-state index contributed by atoms with van der Waals surface area (Å²) in [5, 5.41) is 17.5. The van der Waals surface area contributed by atoms with E-state index >= 15 is 0 Å². The third kappa shape index (κ3) is 1.38. The lowest BCUT2D eigenvalue weighted by Gasteiger charge is -2.29. The highest BCUT2D eigenvalue weighted by Gasteiger charge is 2.37. The van der Waals surface area contributed by atoms with Gasteiger partial charge >= 0.3 is 0 Å². The number of hydrogen-bond acceptors (Lipinski definition) is 3. The third-order valence-electron chi connectivity index (χ3n) is 1.38. The van der Waals surface area contributed by atoms with Gasteiger partial charge < -0.3 is 14.9 Å². The van der Waals surface area contributed by atoms with E-state index < -0.39 is 12.0 Å². The van der Waals surface area contributed by atoms with Gasteiger partial charge in [-0.2, -0.15) is 0 Å². The van der Waals surface area contributed by atoms with Crippen LogP contribution in [0, 0.1) is 0 Å². The molecular formula is C5H9FO3. The van der Waals surface area contributed by atoms with Crippen molar-refractivity contribution in [2.45, 2.75) is 18.4 Å². The number of halogens is 1. The maximum Gasteiger partial charge on any atom is 0.199 e. The second-order valence-electron chi connectivity index (χ2n) is 2.17. The fraction of sp³-hybridized carbons (Fsp3) is 1.00. The van der Waals surface area contributed by atoms with Crippen molar-refractivity contribution in [2.75, 3.05) is 13.2 Å². The Bertz CT molecular complexity index is 104. The average molecular weight is 136 g/mol. The molecule has 1 atom stereocenters. The summed E-state index contributed by atoms with van der Waals surface area (Å²) in [6, 6.07) is 0. The Morgan fingerprint density at radius 3 is 2.56 bits per heavy atom. The van der Waals surface area contributed by atoms with E-state index in [4.69, 9.17) is 10.2 Å². The van der Waals surface area contributed by atoms with Gasteiger partial charge in [0, 0.05) is 6.42 Å². The van der Waals surface area contributed by atoms with Crippen LogP contribution in [0.1, 0.15) is 6.42 Å². The molecule has 0 aromatic heterocycles. The molecule has 9 heavy (non-hydrogen) atoms. The van der Waals surface area contributed by atoms with E-state index in [0.717, 1.165) is 0 Å². The monoisotopic (exact) mass is 136 g/mol. The van der Waals surface area contributed by atoms with Gasteiger partial charge in [-0.3, -0.25) is 0 Å². The highest BCUT2D eigenvalue weighted by molar-refractivity contribution is 4.78. The van der Waals surface area contributed by atoms with Crippen molar-refractivity contribution in [3.63, 3.8) is 0 Å². The molecule has 0 aromatic carbocycles. The molecule has 1 aliphatic rings. The van der Waals surface area contributed by atoms with Crippen molar-refractivity contribution in [1.82, 2.24) is 0 Å². The molecule has 1 saturated heterocycles. The molecule has 0 aromatic rings. The Labute approximate surface area is 52.1 Å². The van der Waals surface area contributed by atoms with Crippen LogP contribution < -0.4 is 0 Å². The lowest BCUT2D eigenvalue weighted by Crippen LogP contribution is -2.46. The quantitative estimate of drug-likeness (QED) is 0.438. The Balaban J connectivity index is 2.49. The first kappa shape index (κ1) is 6.92. The van der Waals surface area contributed by atoms with Gasteiger partial charge in [0.25, 0.3) is 0 Å². The minimum atomic E-state index is -2.15. The molecule has 1 fully saturated rings. The van der Waals surface area contributed by atoms with Gasteiger partial charge in [-0.25, -0.2) is 4.39 Å². The molecule has 0 amide bonds. The van der Waals surface area contributed by atoms with E-state index in [1.54, 1.807) is 0 Å². The van der Waals surface area contributed by atoms with Gasteiger partial charge in [-0.05, 0) is 0 Å². The molecule has 0 aliphatic carbocycles. The van der Waals surface area contributed by atoms with Crippen LogP contribution in [0.5, 0.6) is 0 Å². The number of hydrogen-bond donors (Lipinski definition) is 2. The molecule has 54 valence electrons. The lowest BCUT2D eigenvalue weighted by molar-refractivity contribution is -0.246. The summed E-state index contributed by atoms with van der Waals surface area (Å²) in [6.45, 7) is 0.000417.